The normalized spacial score (nSPS) is 21.7. The van der Waals surface area contributed by atoms with Gasteiger partial charge in [0.2, 0.25) is 5.91 Å². The number of nitrogens with one attached hydrogen (secondary N) is 1. The zero-order chi connectivity index (χ0) is 32.3. The van der Waals surface area contributed by atoms with E-state index >= 15 is 0 Å². The SMILES string of the molecule is O=C(O)CCCCCC(=O)NCc1ccccc1-c1ccc([C@@H]2O[C@H](CN3CCC[C@H]3CO)C[C@H](c3ccc(CO)cc3)O2)cc1. The Kier molecular flexibility index (Phi) is 12.3. The molecule has 0 spiro atoms. The topological polar surface area (TPSA) is 129 Å². The van der Waals surface area contributed by atoms with Crippen molar-refractivity contribution in [2.24, 2.45) is 0 Å². The number of benzene rings is 3. The third kappa shape index (κ3) is 9.24. The number of aliphatic hydroxyl groups excluding tert-OH is 2. The first kappa shape index (κ1) is 33.8. The minimum Gasteiger partial charge on any atom is -0.481 e. The highest BCUT2D eigenvalue weighted by atomic mass is 16.7. The molecule has 0 saturated carbocycles. The number of aliphatic carboxylic acids is 1. The van der Waals surface area contributed by atoms with Gasteiger partial charge >= 0.3 is 5.97 Å². The van der Waals surface area contributed by atoms with Crippen LogP contribution in [0.4, 0.5) is 0 Å². The quantitative estimate of drug-likeness (QED) is 0.162. The Bertz CT molecular complexity index is 1410. The number of carboxylic acids is 1. The Labute approximate surface area is 271 Å². The molecule has 46 heavy (non-hydrogen) atoms. The fourth-order valence-corrected chi connectivity index (χ4v) is 6.43. The summed E-state index contributed by atoms with van der Waals surface area (Å²) in [6, 6.07) is 24.2. The van der Waals surface area contributed by atoms with Crippen LogP contribution in [0.5, 0.6) is 0 Å². The summed E-state index contributed by atoms with van der Waals surface area (Å²) >= 11 is 0. The second-order valence-corrected chi connectivity index (χ2v) is 12.3. The maximum absolute atomic E-state index is 12.4. The van der Waals surface area contributed by atoms with Gasteiger partial charge in [0.1, 0.15) is 0 Å². The number of unbranched alkanes of at least 4 members (excludes halogenated alkanes) is 2. The van der Waals surface area contributed by atoms with E-state index in [1.165, 1.54) is 0 Å². The molecule has 2 heterocycles. The van der Waals surface area contributed by atoms with Gasteiger partial charge in [-0.15, -0.1) is 0 Å². The smallest absolute Gasteiger partial charge is 0.303 e. The number of ether oxygens (including phenoxy) is 2. The van der Waals surface area contributed by atoms with Crippen LogP contribution in [0.2, 0.25) is 0 Å². The lowest BCUT2D eigenvalue weighted by Crippen LogP contribution is -2.42. The molecule has 3 aromatic carbocycles. The molecule has 5 rings (SSSR count). The zero-order valence-electron chi connectivity index (χ0n) is 26.4. The Morgan fingerprint density at radius 1 is 0.870 bits per heavy atom. The van der Waals surface area contributed by atoms with Crippen LogP contribution >= 0.6 is 0 Å². The summed E-state index contributed by atoms with van der Waals surface area (Å²) < 4.78 is 13.1. The summed E-state index contributed by atoms with van der Waals surface area (Å²) in [5.41, 5.74) is 5.88. The van der Waals surface area contributed by atoms with Crippen LogP contribution < -0.4 is 5.32 Å². The number of amides is 1. The van der Waals surface area contributed by atoms with Crippen molar-refractivity contribution in [3.63, 3.8) is 0 Å². The highest BCUT2D eigenvalue weighted by molar-refractivity contribution is 5.76. The van der Waals surface area contributed by atoms with E-state index in [4.69, 9.17) is 14.6 Å². The van der Waals surface area contributed by atoms with E-state index in [0.717, 1.165) is 65.7 Å². The molecular weight excluding hydrogens is 584 g/mol. The van der Waals surface area contributed by atoms with Crippen LogP contribution in [0, 0.1) is 0 Å². The molecule has 2 saturated heterocycles. The molecule has 0 aliphatic carbocycles. The second-order valence-electron chi connectivity index (χ2n) is 12.3. The van der Waals surface area contributed by atoms with Gasteiger partial charge in [0.05, 0.1) is 25.4 Å². The number of hydrogen-bond acceptors (Lipinski definition) is 7. The number of aliphatic hydroxyl groups is 2. The maximum Gasteiger partial charge on any atom is 0.303 e. The van der Waals surface area contributed by atoms with Crippen LogP contribution in [0.25, 0.3) is 11.1 Å². The van der Waals surface area contributed by atoms with E-state index in [-0.39, 0.29) is 43.8 Å². The number of carbonyl (C=O) groups is 2. The first-order valence-electron chi connectivity index (χ1n) is 16.5. The Hall–Kier alpha value is -3.60. The standard InChI is InChI=1S/C37H46N2O7/c40-24-26-12-14-28(15-13-26)34-21-32(23-39-20-6-8-31(39)25-41)45-37(46-34)29-18-16-27(17-19-29)33-9-5-4-7-30(33)22-38-35(42)10-2-1-3-11-36(43)44/h4-5,7,9,12-19,31-32,34,37,40-41H,1-3,6,8,10-11,20-25H2,(H,38,42)(H,43,44)/t31-,32-,34+,37+/m0/s1. The van der Waals surface area contributed by atoms with Crippen LogP contribution in [-0.2, 0) is 32.2 Å². The molecule has 0 aromatic heterocycles. The minimum atomic E-state index is -0.805. The third-order valence-corrected chi connectivity index (χ3v) is 9.04. The van der Waals surface area contributed by atoms with Crippen LogP contribution in [0.3, 0.4) is 0 Å². The van der Waals surface area contributed by atoms with Crippen LogP contribution in [0.15, 0.2) is 72.8 Å². The molecule has 1 amide bonds. The molecule has 2 fully saturated rings. The predicted octanol–water partition coefficient (Wildman–Crippen LogP) is 5.50. The summed E-state index contributed by atoms with van der Waals surface area (Å²) in [7, 11) is 0. The average molecular weight is 631 g/mol. The van der Waals surface area contributed by atoms with Crippen LogP contribution in [-0.4, -0.2) is 63.9 Å². The molecule has 0 radical (unpaired) electrons. The van der Waals surface area contributed by atoms with Gasteiger partial charge in [-0.2, -0.15) is 0 Å². The highest BCUT2D eigenvalue weighted by Crippen LogP contribution is 2.39. The van der Waals surface area contributed by atoms with Crippen molar-refractivity contribution in [1.29, 1.82) is 0 Å². The van der Waals surface area contributed by atoms with Crippen LogP contribution in [0.1, 0.15) is 86.0 Å². The highest BCUT2D eigenvalue weighted by Gasteiger charge is 2.35. The molecule has 2 aliphatic heterocycles. The minimum absolute atomic E-state index is 0.00426. The van der Waals surface area contributed by atoms with Crippen molar-refractivity contribution in [1.82, 2.24) is 10.2 Å². The lowest BCUT2D eigenvalue weighted by atomic mass is 9.97. The summed E-state index contributed by atoms with van der Waals surface area (Å²) in [5, 5.41) is 31.2. The maximum atomic E-state index is 12.4. The van der Waals surface area contributed by atoms with Gasteiger partial charge in [-0.25, -0.2) is 0 Å². The van der Waals surface area contributed by atoms with Crippen molar-refractivity contribution in [3.05, 3.63) is 95.1 Å². The Balaban J connectivity index is 1.26. The van der Waals surface area contributed by atoms with Crippen molar-refractivity contribution < 1.29 is 34.4 Å². The number of carboxylic acid groups (broad SMARTS) is 1. The summed E-state index contributed by atoms with van der Waals surface area (Å²) in [5.74, 6) is -0.845. The lowest BCUT2D eigenvalue weighted by molar-refractivity contribution is -0.253. The zero-order valence-corrected chi connectivity index (χ0v) is 26.4. The van der Waals surface area contributed by atoms with Gasteiger partial charge in [0.15, 0.2) is 6.29 Å². The molecule has 0 unspecified atom stereocenters. The third-order valence-electron chi connectivity index (χ3n) is 9.04. The van der Waals surface area contributed by atoms with Gasteiger partial charge in [0.25, 0.3) is 0 Å². The number of hydrogen-bond donors (Lipinski definition) is 4. The number of carbonyl (C=O) groups excluding carboxylic acids is 1. The molecular formula is C37H46N2O7. The molecule has 4 atom stereocenters. The van der Waals surface area contributed by atoms with E-state index in [0.29, 0.717) is 32.2 Å². The molecule has 9 heteroatoms. The first-order chi connectivity index (χ1) is 22.4. The lowest BCUT2D eigenvalue weighted by Gasteiger charge is -2.38. The van der Waals surface area contributed by atoms with Crippen molar-refractivity contribution in [2.75, 3.05) is 19.7 Å². The van der Waals surface area contributed by atoms with Gasteiger partial charge < -0.3 is 30.1 Å². The molecule has 0 bridgehead atoms. The van der Waals surface area contributed by atoms with E-state index in [2.05, 4.69) is 22.3 Å². The second kappa shape index (κ2) is 16.8. The predicted molar refractivity (Wildman–Crippen MR) is 175 cm³/mol. The fraction of sp³-hybridized carbons (Fsp3) is 0.459. The number of rotatable bonds is 15. The molecule has 246 valence electrons. The molecule has 2 aliphatic rings. The molecule has 4 N–H and O–H groups in total. The number of nitrogens with zero attached hydrogens (tertiary/aromatic N) is 1. The molecule has 9 nitrogen and oxygen atoms in total. The van der Waals surface area contributed by atoms with Crippen molar-refractivity contribution in [2.45, 2.75) is 89.1 Å². The average Bonchev–Trinajstić information content (AvgIpc) is 3.54. The Morgan fingerprint density at radius 2 is 1.61 bits per heavy atom. The Morgan fingerprint density at radius 3 is 2.35 bits per heavy atom. The monoisotopic (exact) mass is 630 g/mol. The van der Waals surface area contributed by atoms with Gasteiger partial charge in [0, 0.05) is 44.0 Å². The van der Waals surface area contributed by atoms with Gasteiger partial charge in [-0.3, -0.25) is 14.5 Å². The summed E-state index contributed by atoms with van der Waals surface area (Å²) in [6.07, 6.45) is 4.45. The first-order valence-corrected chi connectivity index (χ1v) is 16.5. The van der Waals surface area contributed by atoms with E-state index in [1.807, 2.05) is 60.7 Å². The largest absolute Gasteiger partial charge is 0.481 e. The number of likely N-dealkylation sites (tertiary alicyclic amines) is 1. The summed E-state index contributed by atoms with van der Waals surface area (Å²) in [6.45, 7) is 2.24. The van der Waals surface area contributed by atoms with Gasteiger partial charge in [-0.1, -0.05) is 79.2 Å². The fourth-order valence-electron chi connectivity index (χ4n) is 6.43. The molecule has 3 aromatic rings. The van der Waals surface area contributed by atoms with E-state index < -0.39 is 12.3 Å². The summed E-state index contributed by atoms with van der Waals surface area (Å²) in [4.78, 5) is 25.4. The van der Waals surface area contributed by atoms with Crippen molar-refractivity contribution >= 4 is 11.9 Å². The van der Waals surface area contributed by atoms with Gasteiger partial charge in [-0.05, 0) is 60.0 Å². The van der Waals surface area contributed by atoms with Crippen molar-refractivity contribution in [3.8, 4) is 11.1 Å². The van der Waals surface area contributed by atoms with E-state index in [1.54, 1.807) is 0 Å². The van der Waals surface area contributed by atoms with E-state index in [9.17, 15) is 19.8 Å².